The van der Waals surface area contributed by atoms with Gasteiger partial charge in [-0.15, -0.1) is 0 Å². The summed E-state index contributed by atoms with van der Waals surface area (Å²) in [5, 5.41) is 9.20. The number of benzene rings is 1. The number of fused-ring (bicyclic) bond motifs is 1. The Morgan fingerprint density at radius 1 is 1.12 bits per heavy atom. The van der Waals surface area contributed by atoms with E-state index in [-0.39, 0.29) is 0 Å². The zero-order valence-electron chi connectivity index (χ0n) is 13.2. The van der Waals surface area contributed by atoms with Gasteiger partial charge in [-0.2, -0.15) is 15.1 Å². The molecule has 2 aromatic heterocycles. The molecule has 24 heavy (non-hydrogen) atoms. The summed E-state index contributed by atoms with van der Waals surface area (Å²) in [6, 6.07) is 7.45. The van der Waals surface area contributed by atoms with Crippen molar-refractivity contribution in [2.45, 2.75) is 0 Å². The van der Waals surface area contributed by atoms with Gasteiger partial charge in [0.1, 0.15) is 5.82 Å². The smallest absolute Gasteiger partial charge is 0.231 e. The molecule has 0 bridgehead atoms. The van der Waals surface area contributed by atoms with Crippen LogP contribution in [0.25, 0.3) is 11.0 Å². The first-order valence-electron chi connectivity index (χ1n) is 7.76. The van der Waals surface area contributed by atoms with E-state index in [9.17, 15) is 0 Å². The molecule has 1 saturated heterocycles. The van der Waals surface area contributed by atoms with Gasteiger partial charge in [0.2, 0.25) is 5.95 Å². The fourth-order valence-electron chi connectivity index (χ4n) is 2.74. The van der Waals surface area contributed by atoms with Crippen molar-refractivity contribution in [3.05, 3.63) is 35.5 Å². The minimum absolute atomic E-state index is 0.537. The van der Waals surface area contributed by atoms with Crippen LogP contribution in [0.1, 0.15) is 0 Å². The molecule has 1 aliphatic rings. The van der Waals surface area contributed by atoms with Crippen molar-refractivity contribution in [3.63, 3.8) is 0 Å². The van der Waals surface area contributed by atoms with E-state index in [1.54, 1.807) is 4.68 Å². The molecule has 1 fully saturated rings. The highest BCUT2D eigenvalue weighted by atomic mass is 35.5. The zero-order chi connectivity index (χ0) is 16.5. The Labute approximate surface area is 144 Å². The number of halogens is 1. The first-order valence-corrected chi connectivity index (χ1v) is 8.13. The Morgan fingerprint density at radius 2 is 1.88 bits per heavy atom. The second-order valence-corrected chi connectivity index (χ2v) is 6.04. The minimum atomic E-state index is 0.537. The summed E-state index contributed by atoms with van der Waals surface area (Å²) in [5.41, 5.74) is 1.68. The Kier molecular flexibility index (Phi) is 3.95. The van der Waals surface area contributed by atoms with Crippen LogP contribution in [0.3, 0.4) is 0 Å². The Hall–Kier alpha value is -2.38. The normalized spacial score (nSPS) is 15.0. The predicted molar refractivity (Wildman–Crippen MR) is 94.1 cm³/mol. The van der Waals surface area contributed by atoms with Crippen molar-refractivity contribution in [2.75, 3.05) is 36.5 Å². The Bertz CT molecular complexity index is 857. The van der Waals surface area contributed by atoms with E-state index in [0.717, 1.165) is 35.6 Å². The number of ether oxygens (including phenoxy) is 1. The summed E-state index contributed by atoms with van der Waals surface area (Å²) in [6.45, 7) is 3.01. The van der Waals surface area contributed by atoms with E-state index in [4.69, 9.17) is 21.3 Å². The second-order valence-electron chi connectivity index (χ2n) is 5.61. The topological polar surface area (TPSA) is 68.1 Å². The molecule has 3 heterocycles. The van der Waals surface area contributed by atoms with Crippen molar-refractivity contribution >= 4 is 40.1 Å². The third kappa shape index (κ3) is 2.88. The van der Waals surface area contributed by atoms with Gasteiger partial charge in [0.05, 0.1) is 24.8 Å². The van der Waals surface area contributed by atoms with Gasteiger partial charge in [0.15, 0.2) is 5.65 Å². The second kappa shape index (κ2) is 6.26. The molecule has 0 spiro atoms. The van der Waals surface area contributed by atoms with Gasteiger partial charge in [-0.05, 0) is 24.3 Å². The fraction of sp³-hybridized carbons (Fsp3) is 0.312. The highest BCUT2D eigenvalue weighted by Crippen LogP contribution is 2.27. The molecule has 7 nitrogen and oxygen atoms in total. The first-order chi connectivity index (χ1) is 11.7. The summed E-state index contributed by atoms with van der Waals surface area (Å²) >= 11 is 5.94. The molecule has 0 saturated carbocycles. The van der Waals surface area contributed by atoms with Crippen LogP contribution in [0.5, 0.6) is 0 Å². The molecular weight excluding hydrogens is 328 g/mol. The summed E-state index contributed by atoms with van der Waals surface area (Å²) in [4.78, 5) is 11.5. The average molecular weight is 345 g/mol. The van der Waals surface area contributed by atoms with Crippen LogP contribution in [-0.2, 0) is 11.8 Å². The van der Waals surface area contributed by atoms with Gasteiger partial charge in [-0.25, -0.2) is 0 Å². The monoisotopic (exact) mass is 344 g/mol. The lowest BCUT2D eigenvalue weighted by Gasteiger charge is -2.28. The van der Waals surface area contributed by atoms with Crippen LogP contribution in [0.2, 0.25) is 5.02 Å². The lowest BCUT2D eigenvalue weighted by atomic mass is 10.3. The van der Waals surface area contributed by atoms with Gasteiger partial charge in [-0.1, -0.05) is 11.6 Å². The van der Waals surface area contributed by atoms with E-state index in [2.05, 4.69) is 20.3 Å². The lowest BCUT2D eigenvalue weighted by molar-refractivity contribution is 0.122. The molecule has 0 unspecified atom stereocenters. The van der Waals surface area contributed by atoms with E-state index in [1.807, 2.05) is 37.5 Å². The Morgan fingerprint density at radius 3 is 2.62 bits per heavy atom. The molecule has 1 aliphatic heterocycles. The zero-order valence-corrected chi connectivity index (χ0v) is 14.0. The van der Waals surface area contributed by atoms with Crippen LogP contribution in [0, 0.1) is 0 Å². The summed E-state index contributed by atoms with van der Waals surface area (Å²) in [6.07, 6.45) is 1.81. The first kappa shape index (κ1) is 15.2. The van der Waals surface area contributed by atoms with Crippen molar-refractivity contribution in [1.29, 1.82) is 0 Å². The lowest BCUT2D eigenvalue weighted by Crippen LogP contribution is -2.37. The minimum Gasteiger partial charge on any atom is -0.378 e. The molecular formula is C16H17ClN6O. The molecule has 0 aliphatic carbocycles. The molecule has 0 radical (unpaired) electrons. The fourth-order valence-corrected chi connectivity index (χ4v) is 2.87. The molecule has 4 rings (SSSR count). The Balaban J connectivity index is 1.75. The molecule has 1 N–H and O–H groups in total. The number of nitrogens with zero attached hydrogens (tertiary/aromatic N) is 5. The third-order valence-electron chi connectivity index (χ3n) is 3.98. The van der Waals surface area contributed by atoms with E-state index in [1.165, 1.54) is 0 Å². The highest BCUT2D eigenvalue weighted by Gasteiger charge is 2.19. The maximum absolute atomic E-state index is 5.94. The maximum atomic E-state index is 5.94. The van der Waals surface area contributed by atoms with Crippen molar-refractivity contribution < 1.29 is 4.74 Å². The summed E-state index contributed by atoms with van der Waals surface area (Å²) in [5.74, 6) is 1.42. The van der Waals surface area contributed by atoms with Crippen LogP contribution in [0.4, 0.5) is 17.5 Å². The molecule has 0 atom stereocenters. The van der Waals surface area contributed by atoms with Crippen molar-refractivity contribution in [2.24, 2.45) is 7.05 Å². The van der Waals surface area contributed by atoms with E-state index in [0.29, 0.717) is 24.2 Å². The standard InChI is InChI=1S/C16H17ClN6O/c1-22-14-13(10-18-22)15(23-6-8-24-9-7-23)21-16(20-14)19-12-4-2-11(17)3-5-12/h2-5,10H,6-9H2,1H3,(H,19,20,21). The SMILES string of the molecule is Cn1ncc2c(N3CCOCC3)nc(Nc3ccc(Cl)cc3)nc21. The van der Waals surface area contributed by atoms with Crippen LogP contribution in [-0.4, -0.2) is 46.1 Å². The number of hydrogen-bond acceptors (Lipinski definition) is 6. The summed E-state index contributed by atoms with van der Waals surface area (Å²) in [7, 11) is 1.88. The average Bonchev–Trinajstić information content (AvgIpc) is 2.98. The summed E-state index contributed by atoms with van der Waals surface area (Å²) < 4.78 is 7.20. The van der Waals surface area contributed by atoms with Gasteiger partial charge < -0.3 is 15.0 Å². The van der Waals surface area contributed by atoms with Crippen LogP contribution >= 0.6 is 11.6 Å². The number of aryl methyl sites for hydroxylation is 1. The van der Waals surface area contributed by atoms with Gasteiger partial charge in [-0.3, -0.25) is 4.68 Å². The number of nitrogens with one attached hydrogen (secondary N) is 1. The number of morpholine rings is 1. The van der Waals surface area contributed by atoms with E-state index >= 15 is 0 Å². The molecule has 124 valence electrons. The number of hydrogen-bond donors (Lipinski definition) is 1. The molecule has 8 heteroatoms. The van der Waals surface area contributed by atoms with Gasteiger partial charge in [0, 0.05) is 30.8 Å². The maximum Gasteiger partial charge on any atom is 0.231 e. The number of rotatable bonds is 3. The molecule has 3 aromatic rings. The van der Waals surface area contributed by atoms with Crippen LogP contribution in [0.15, 0.2) is 30.5 Å². The molecule has 0 amide bonds. The van der Waals surface area contributed by atoms with E-state index < -0.39 is 0 Å². The van der Waals surface area contributed by atoms with Crippen molar-refractivity contribution in [3.8, 4) is 0 Å². The van der Waals surface area contributed by atoms with Gasteiger partial charge in [0.25, 0.3) is 0 Å². The largest absolute Gasteiger partial charge is 0.378 e. The number of anilines is 3. The van der Waals surface area contributed by atoms with Gasteiger partial charge >= 0.3 is 0 Å². The quantitative estimate of drug-likeness (QED) is 0.787. The molecule has 1 aromatic carbocycles. The van der Waals surface area contributed by atoms with Crippen molar-refractivity contribution in [1.82, 2.24) is 19.7 Å². The van der Waals surface area contributed by atoms with Crippen LogP contribution < -0.4 is 10.2 Å². The number of aromatic nitrogens is 4. The highest BCUT2D eigenvalue weighted by molar-refractivity contribution is 6.30. The predicted octanol–water partition coefficient (Wildman–Crippen LogP) is 2.60. The third-order valence-corrected chi connectivity index (χ3v) is 4.23.